The summed E-state index contributed by atoms with van der Waals surface area (Å²) in [6, 6.07) is 6.80. The molecule has 0 radical (unpaired) electrons. The molecule has 0 saturated heterocycles. The van der Waals surface area contributed by atoms with Crippen LogP contribution in [0.25, 0.3) is 0 Å². The molecule has 0 unspecified atom stereocenters. The predicted octanol–water partition coefficient (Wildman–Crippen LogP) is 3.82. The molecular weight excluding hydrogens is 227 g/mol. The Bertz CT molecular complexity index is 423. The summed E-state index contributed by atoms with van der Waals surface area (Å²) in [5.74, 6) is 0.504. The Labute approximate surface area is 109 Å². The minimum absolute atomic E-state index is 0.152. The van der Waals surface area contributed by atoms with Gasteiger partial charge in [0, 0.05) is 13.1 Å². The van der Waals surface area contributed by atoms with Crippen LogP contribution in [-0.4, -0.2) is 13.1 Å². The monoisotopic (exact) mass is 248 g/mol. The van der Waals surface area contributed by atoms with Gasteiger partial charge in [0.2, 0.25) is 0 Å². The smallest absolute Gasteiger partial charge is 0.143 e. The van der Waals surface area contributed by atoms with Crippen LogP contribution in [0.3, 0.4) is 0 Å². The molecule has 0 bridgehead atoms. The van der Waals surface area contributed by atoms with E-state index in [4.69, 9.17) is 5.26 Å². The van der Waals surface area contributed by atoms with E-state index in [-0.39, 0.29) is 5.56 Å². The molecule has 3 heteroatoms. The van der Waals surface area contributed by atoms with Crippen LogP contribution >= 0.6 is 0 Å². The maximum absolute atomic E-state index is 13.6. The molecule has 0 aromatic heterocycles. The van der Waals surface area contributed by atoms with Crippen molar-refractivity contribution in [3.8, 4) is 6.07 Å². The molecule has 0 spiro atoms. The summed E-state index contributed by atoms with van der Waals surface area (Å²) < 4.78 is 13.6. The number of hydrogen-bond donors (Lipinski definition) is 0. The second-order valence-electron chi connectivity index (χ2n) is 5.44. The van der Waals surface area contributed by atoms with Crippen LogP contribution in [-0.2, 0) is 0 Å². The number of nitriles is 1. The number of anilines is 1. The summed E-state index contributed by atoms with van der Waals surface area (Å²) in [7, 11) is 0. The summed E-state index contributed by atoms with van der Waals surface area (Å²) in [5.41, 5.74) is 0.860. The van der Waals surface area contributed by atoms with Crippen molar-refractivity contribution in [3.63, 3.8) is 0 Å². The van der Waals surface area contributed by atoms with Crippen LogP contribution in [0.15, 0.2) is 18.2 Å². The highest BCUT2D eigenvalue weighted by molar-refractivity contribution is 5.59. The van der Waals surface area contributed by atoms with E-state index in [1.165, 1.54) is 6.07 Å². The van der Waals surface area contributed by atoms with E-state index in [1.807, 2.05) is 12.1 Å². The van der Waals surface area contributed by atoms with Gasteiger partial charge in [0.05, 0.1) is 5.69 Å². The SMILES string of the molecule is CC(C)CN(CC(C)C)c1cccc(F)c1C#N. The number of hydrogen-bond acceptors (Lipinski definition) is 2. The van der Waals surface area contributed by atoms with Gasteiger partial charge in [-0.3, -0.25) is 0 Å². The molecule has 0 aliphatic rings. The molecule has 0 atom stereocenters. The summed E-state index contributed by atoms with van der Waals surface area (Å²) in [6.07, 6.45) is 0. The molecule has 0 heterocycles. The van der Waals surface area contributed by atoms with Gasteiger partial charge in [-0.25, -0.2) is 4.39 Å². The van der Waals surface area contributed by atoms with Gasteiger partial charge < -0.3 is 4.90 Å². The van der Waals surface area contributed by atoms with Gasteiger partial charge in [0.1, 0.15) is 17.4 Å². The first-order valence-corrected chi connectivity index (χ1v) is 6.39. The molecule has 18 heavy (non-hydrogen) atoms. The quantitative estimate of drug-likeness (QED) is 0.792. The number of halogens is 1. The van der Waals surface area contributed by atoms with Crippen LogP contribution < -0.4 is 4.90 Å². The highest BCUT2D eigenvalue weighted by Gasteiger charge is 2.16. The lowest BCUT2D eigenvalue weighted by Gasteiger charge is -2.29. The van der Waals surface area contributed by atoms with Crippen LogP contribution in [0.5, 0.6) is 0 Å². The van der Waals surface area contributed by atoms with E-state index >= 15 is 0 Å². The average Bonchev–Trinajstić information content (AvgIpc) is 2.26. The van der Waals surface area contributed by atoms with E-state index in [2.05, 4.69) is 32.6 Å². The third-order valence-corrected chi connectivity index (χ3v) is 2.62. The third kappa shape index (κ3) is 3.73. The normalized spacial score (nSPS) is 10.8. The van der Waals surface area contributed by atoms with Crippen molar-refractivity contribution in [2.45, 2.75) is 27.7 Å². The highest BCUT2D eigenvalue weighted by Crippen LogP contribution is 2.24. The maximum Gasteiger partial charge on any atom is 0.143 e. The van der Waals surface area contributed by atoms with Crippen molar-refractivity contribution in [2.75, 3.05) is 18.0 Å². The average molecular weight is 248 g/mol. The van der Waals surface area contributed by atoms with Gasteiger partial charge in [0.25, 0.3) is 0 Å². The minimum Gasteiger partial charge on any atom is -0.370 e. The molecule has 1 aromatic carbocycles. The van der Waals surface area contributed by atoms with Gasteiger partial charge in [-0.05, 0) is 24.0 Å². The topological polar surface area (TPSA) is 27.0 Å². The van der Waals surface area contributed by atoms with Gasteiger partial charge in [-0.15, -0.1) is 0 Å². The number of nitrogens with zero attached hydrogens (tertiary/aromatic N) is 2. The fourth-order valence-electron chi connectivity index (χ4n) is 2.04. The standard InChI is InChI=1S/C15H21FN2/c1-11(2)9-18(10-12(3)4)15-7-5-6-14(16)13(15)8-17/h5-7,11-12H,9-10H2,1-4H3. The Morgan fingerprint density at radius 2 is 1.72 bits per heavy atom. The first kappa shape index (κ1) is 14.5. The van der Waals surface area contributed by atoms with Crippen LogP contribution in [0.4, 0.5) is 10.1 Å². The van der Waals surface area contributed by atoms with E-state index in [9.17, 15) is 4.39 Å². The lowest BCUT2D eigenvalue weighted by molar-refractivity contribution is 0.549. The summed E-state index contributed by atoms with van der Waals surface area (Å²) in [4.78, 5) is 2.11. The second kappa shape index (κ2) is 6.39. The van der Waals surface area contributed by atoms with E-state index < -0.39 is 5.82 Å². The molecule has 0 N–H and O–H groups in total. The van der Waals surface area contributed by atoms with Crippen molar-refractivity contribution in [1.29, 1.82) is 5.26 Å². The van der Waals surface area contributed by atoms with E-state index in [0.29, 0.717) is 17.5 Å². The molecule has 0 fully saturated rings. The number of rotatable bonds is 5. The Morgan fingerprint density at radius 3 is 2.17 bits per heavy atom. The molecule has 2 nitrogen and oxygen atoms in total. The zero-order chi connectivity index (χ0) is 13.7. The number of benzene rings is 1. The third-order valence-electron chi connectivity index (χ3n) is 2.62. The van der Waals surface area contributed by atoms with Gasteiger partial charge in [-0.1, -0.05) is 33.8 Å². The van der Waals surface area contributed by atoms with Crippen molar-refractivity contribution >= 4 is 5.69 Å². The van der Waals surface area contributed by atoms with Gasteiger partial charge in [-0.2, -0.15) is 5.26 Å². The Kier molecular flexibility index (Phi) is 5.15. The molecule has 0 saturated carbocycles. The van der Waals surface area contributed by atoms with Crippen molar-refractivity contribution < 1.29 is 4.39 Å². The van der Waals surface area contributed by atoms with Crippen molar-refractivity contribution in [3.05, 3.63) is 29.6 Å². The predicted molar refractivity (Wildman–Crippen MR) is 73.0 cm³/mol. The molecular formula is C15H21FN2. The Hall–Kier alpha value is -1.56. The summed E-state index contributed by atoms with van der Waals surface area (Å²) in [6.45, 7) is 10.2. The largest absolute Gasteiger partial charge is 0.370 e. The van der Waals surface area contributed by atoms with Crippen molar-refractivity contribution in [1.82, 2.24) is 0 Å². The molecule has 0 aliphatic heterocycles. The first-order valence-electron chi connectivity index (χ1n) is 6.39. The fraction of sp³-hybridized carbons (Fsp3) is 0.533. The molecule has 0 aliphatic carbocycles. The van der Waals surface area contributed by atoms with Crippen LogP contribution in [0.2, 0.25) is 0 Å². The molecule has 0 amide bonds. The van der Waals surface area contributed by atoms with E-state index in [1.54, 1.807) is 6.07 Å². The maximum atomic E-state index is 13.6. The molecule has 98 valence electrons. The molecule has 1 aromatic rings. The fourth-order valence-corrected chi connectivity index (χ4v) is 2.04. The zero-order valence-corrected chi connectivity index (χ0v) is 11.6. The van der Waals surface area contributed by atoms with E-state index in [0.717, 1.165) is 13.1 Å². The Morgan fingerprint density at radius 1 is 1.17 bits per heavy atom. The summed E-state index contributed by atoms with van der Waals surface area (Å²) in [5, 5.41) is 9.10. The van der Waals surface area contributed by atoms with Crippen LogP contribution in [0.1, 0.15) is 33.3 Å². The summed E-state index contributed by atoms with van der Waals surface area (Å²) >= 11 is 0. The van der Waals surface area contributed by atoms with Gasteiger partial charge in [0.15, 0.2) is 0 Å². The lowest BCUT2D eigenvalue weighted by Crippen LogP contribution is -2.32. The minimum atomic E-state index is -0.437. The molecule has 1 rings (SSSR count). The van der Waals surface area contributed by atoms with Crippen molar-refractivity contribution in [2.24, 2.45) is 11.8 Å². The Balaban J connectivity index is 3.12. The van der Waals surface area contributed by atoms with Crippen LogP contribution in [0, 0.1) is 29.0 Å². The van der Waals surface area contributed by atoms with Gasteiger partial charge >= 0.3 is 0 Å². The zero-order valence-electron chi connectivity index (χ0n) is 11.6. The first-order chi connectivity index (χ1) is 8.45. The lowest BCUT2D eigenvalue weighted by atomic mass is 10.1. The second-order valence-corrected chi connectivity index (χ2v) is 5.44. The highest BCUT2D eigenvalue weighted by atomic mass is 19.1.